The first-order chi connectivity index (χ1) is 10.8. The Balaban J connectivity index is 2.47. The molecule has 0 bridgehead atoms. The number of aromatic nitrogens is 2. The van der Waals surface area contributed by atoms with Crippen molar-refractivity contribution in [1.82, 2.24) is 10.2 Å². The Hall–Kier alpha value is -2.40. The summed E-state index contributed by atoms with van der Waals surface area (Å²) in [5.74, 6) is -2.28. The molecule has 0 spiro atoms. The van der Waals surface area contributed by atoms with Gasteiger partial charge in [-0.1, -0.05) is 15.9 Å². The average Bonchev–Trinajstić information content (AvgIpc) is 2.86. The van der Waals surface area contributed by atoms with Gasteiger partial charge in [0.1, 0.15) is 0 Å². The van der Waals surface area contributed by atoms with Crippen LogP contribution in [0.4, 0.5) is 5.69 Å². The maximum Gasteiger partial charge on any atom is 0.281 e. The number of hydrogen-bond acceptors (Lipinski definition) is 9. The van der Waals surface area contributed by atoms with Gasteiger partial charge in [-0.3, -0.25) is 10.1 Å². The smallest absolute Gasteiger partial charge is 0.281 e. The van der Waals surface area contributed by atoms with Crippen LogP contribution >= 0.6 is 27.7 Å². The number of carbonyl (C=O) groups excluding carboxylic acids is 1. The molecule has 11 heteroatoms. The van der Waals surface area contributed by atoms with E-state index in [9.17, 15) is 25.1 Å². The second kappa shape index (κ2) is 6.79. The predicted octanol–water partition coefficient (Wildman–Crippen LogP) is 1.01. The third-order valence-corrected chi connectivity index (χ3v) is 3.75. The van der Waals surface area contributed by atoms with Crippen LogP contribution in [-0.4, -0.2) is 21.1 Å². The van der Waals surface area contributed by atoms with E-state index in [2.05, 4.69) is 26.1 Å². The molecular weight excluding hydrogens is 394 g/mol. The van der Waals surface area contributed by atoms with Crippen LogP contribution in [0.2, 0.25) is 0 Å². The fraction of sp³-hybridized carbons (Fsp3) is 0.0833. The zero-order valence-electron chi connectivity index (χ0n) is 11.3. The molecule has 1 aromatic heterocycles. The van der Waals surface area contributed by atoms with Gasteiger partial charge in [0.2, 0.25) is 5.89 Å². The van der Waals surface area contributed by atoms with E-state index in [0.717, 1.165) is 12.1 Å². The van der Waals surface area contributed by atoms with Crippen molar-refractivity contribution in [3.05, 3.63) is 43.1 Å². The number of benzene rings is 1. The highest BCUT2D eigenvalue weighted by molar-refractivity contribution is 9.10. The number of hydrogen-bond donors (Lipinski definition) is 0. The molecule has 120 valence electrons. The van der Waals surface area contributed by atoms with Crippen LogP contribution in [0.25, 0.3) is 6.08 Å². The molecule has 0 saturated heterocycles. The van der Waals surface area contributed by atoms with Gasteiger partial charge >= 0.3 is 0 Å². The van der Waals surface area contributed by atoms with Gasteiger partial charge in [-0.25, -0.2) is 0 Å². The van der Waals surface area contributed by atoms with Gasteiger partial charge in [0.25, 0.3) is 10.9 Å². The molecule has 0 atom stereocenters. The van der Waals surface area contributed by atoms with Crippen LogP contribution in [0.5, 0.6) is 5.75 Å². The number of rotatable bonds is 5. The Kier molecular flexibility index (Phi) is 5.01. The number of carboxylic acids is 1. The van der Waals surface area contributed by atoms with Crippen LogP contribution in [0.3, 0.4) is 0 Å². The van der Waals surface area contributed by atoms with Crippen molar-refractivity contribution in [3.8, 4) is 5.75 Å². The van der Waals surface area contributed by atoms with E-state index < -0.39 is 27.2 Å². The molecule has 0 aliphatic heterocycles. The zero-order valence-corrected chi connectivity index (χ0v) is 13.7. The summed E-state index contributed by atoms with van der Waals surface area (Å²) in [6, 6.07) is 2.30. The molecule has 0 fully saturated rings. The molecule has 1 aromatic carbocycles. The second-order valence-electron chi connectivity index (χ2n) is 4.09. The Morgan fingerprint density at radius 3 is 2.65 bits per heavy atom. The Morgan fingerprint density at radius 1 is 1.43 bits per heavy atom. The topological polar surface area (TPSA) is 145 Å². The maximum atomic E-state index is 12.0. The van der Waals surface area contributed by atoms with E-state index in [1.807, 2.05) is 0 Å². The Bertz CT molecular complexity index is 819. The molecule has 2 aromatic rings. The van der Waals surface area contributed by atoms with Crippen molar-refractivity contribution in [2.45, 2.75) is 12.1 Å². The standard InChI is InChI=1S/C12H8BrN3O6S/c1-5-14-15-12(22-5)23-9(11(18)19)3-6-2-7(13)4-8(10(6)17)16(20)21/h2-4,17H,1H3,(H,18,19)/p-2/b9-3-. The summed E-state index contributed by atoms with van der Waals surface area (Å²) in [7, 11) is 0. The van der Waals surface area contributed by atoms with Gasteiger partial charge in [-0.15, -0.1) is 10.2 Å². The minimum absolute atomic E-state index is 0.0603. The molecule has 0 aliphatic rings. The SMILES string of the molecule is Cc1nnc(S/C(=C\c2cc(Br)cc([N+](=O)[O-])c2[O-])C(=O)[O-])o1. The van der Waals surface area contributed by atoms with Crippen LogP contribution in [0.1, 0.15) is 11.5 Å². The highest BCUT2D eigenvalue weighted by atomic mass is 79.9. The number of nitro groups is 1. The van der Waals surface area contributed by atoms with E-state index in [1.165, 1.54) is 13.0 Å². The lowest BCUT2D eigenvalue weighted by Gasteiger charge is -2.13. The quantitative estimate of drug-likeness (QED) is 0.310. The molecule has 9 nitrogen and oxygen atoms in total. The van der Waals surface area contributed by atoms with Crippen LogP contribution in [0, 0.1) is 17.0 Å². The number of carbonyl (C=O) groups is 1. The molecule has 0 aliphatic carbocycles. The second-order valence-corrected chi connectivity index (χ2v) is 5.99. The van der Waals surface area contributed by atoms with Gasteiger partial charge in [-0.05, 0) is 35.2 Å². The third kappa shape index (κ3) is 4.07. The number of aryl methyl sites for hydroxylation is 1. The highest BCUT2D eigenvalue weighted by Crippen LogP contribution is 2.35. The first-order valence-electron chi connectivity index (χ1n) is 5.84. The van der Waals surface area contributed by atoms with Crippen molar-refractivity contribution in [1.29, 1.82) is 0 Å². The Labute approximate surface area is 141 Å². The fourth-order valence-corrected chi connectivity index (χ4v) is 2.69. The first kappa shape index (κ1) is 17.0. The van der Waals surface area contributed by atoms with Crippen molar-refractivity contribution in [2.75, 3.05) is 0 Å². The number of halogens is 1. The van der Waals surface area contributed by atoms with Crippen LogP contribution in [0.15, 0.2) is 31.2 Å². The summed E-state index contributed by atoms with van der Waals surface area (Å²) in [5.41, 5.74) is -0.865. The lowest BCUT2D eigenvalue weighted by atomic mass is 10.1. The predicted molar refractivity (Wildman–Crippen MR) is 78.1 cm³/mol. The lowest BCUT2D eigenvalue weighted by molar-refractivity contribution is -0.398. The molecule has 1 heterocycles. The number of carboxylic acid groups (broad SMARTS) is 1. The molecule has 0 radical (unpaired) electrons. The maximum absolute atomic E-state index is 12.0. The lowest BCUT2D eigenvalue weighted by Crippen LogP contribution is -2.23. The molecular formula is C12H6BrN3O6S-2. The van der Waals surface area contributed by atoms with E-state index in [0.29, 0.717) is 11.8 Å². The molecule has 0 saturated carbocycles. The van der Waals surface area contributed by atoms with Gasteiger partial charge in [0, 0.05) is 22.4 Å². The summed E-state index contributed by atoms with van der Waals surface area (Å²) in [6.45, 7) is 1.52. The van der Waals surface area contributed by atoms with E-state index in [-0.39, 0.29) is 21.1 Å². The van der Waals surface area contributed by atoms with E-state index >= 15 is 0 Å². The summed E-state index contributed by atoms with van der Waals surface area (Å²) in [4.78, 5) is 20.8. The van der Waals surface area contributed by atoms with Gasteiger partial charge in [0.15, 0.2) is 0 Å². The first-order valence-corrected chi connectivity index (χ1v) is 7.45. The largest absolute Gasteiger partial charge is 0.867 e. The van der Waals surface area contributed by atoms with Crippen molar-refractivity contribution in [2.24, 2.45) is 0 Å². The monoisotopic (exact) mass is 399 g/mol. The third-order valence-electron chi connectivity index (χ3n) is 2.45. The number of nitro benzene ring substituents is 1. The summed E-state index contributed by atoms with van der Waals surface area (Å²) < 4.78 is 5.29. The molecule has 0 amide bonds. The summed E-state index contributed by atoms with van der Waals surface area (Å²) in [6.07, 6.45) is 0.958. The average molecular weight is 400 g/mol. The molecule has 0 unspecified atom stereocenters. The number of thioether (sulfide) groups is 1. The normalized spacial score (nSPS) is 11.5. The van der Waals surface area contributed by atoms with Crippen molar-refractivity contribution in [3.63, 3.8) is 0 Å². The zero-order chi connectivity index (χ0) is 17.1. The summed E-state index contributed by atoms with van der Waals surface area (Å²) >= 11 is 3.61. The minimum Gasteiger partial charge on any atom is -0.867 e. The highest BCUT2D eigenvalue weighted by Gasteiger charge is 2.14. The van der Waals surface area contributed by atoms with Gasteiger partial charge in [0.05, 0.1) is 10.9 Å². The molecule has 0 N–H and O–H groups in total. The number of nitrogens with zero attached hydrogens (tertiary/aromatic N) is 3. The fourth-order valence-electron chi connectivity index (χ4n) is 1.53. The molecule has 2 rings (SSSR count). The van der Waals surface area contributed by atoms with Crippen LogP contribution < -0.4 is 10.2 Å². The van der Waals surface area contributed by atoms with E-state index in [1.54, 1.807) is 0 Å². The number of aliphatic carboxylic acids is 1. The summed E-state index contributed by atoms with van der Waals surface area (Å²) in [5, 5.41) is 41.1. The van der Waals surface area contributed by atoms with Crippen molar-refractivity contribution >= 4 is 45.4 Å². The Morgan fingerprint density at radius 2 is 2.13 bits per heavy atom. The molecule has 23 heavy (non-hydrogen) atoms. The van der Waals surface area contributed by atoms with Crippen LogP contribution in [-0.2, 0) is 4.79 Å². The minimum atomic E-state index is -1.59. The van der Waals surface area contributed by atoms with E-state index in [4.69, 9.17) is 4.42 Å². The van der Waals surface area contributed by atoms with Crippen molar-refractivity contribution < 1.29 is 24.3 Å². The van der Waals surface area contributed by atoms with Gasteiger partial charge in [-0.2, -0.15) is 0 Å². The van der Waals surface area contributed by atoms with Gasteiger partial charge < -0.3 is 19.4 Å².